The van der Waals surface area contributed by atoms with E-state index in [-0.39, 0.29) is 10.0 Å². The molecule has 0 spiro atoms. The number of alkyl halides is 3. The summed E-state index contributed by atoms with van der Waals surface area (Å²) < 4.78 is 36.9. The van der Waals surface area contributed by atoms with Crippen LogP contribution < -0.4 is 5.32 Å². The number of carboxylic acids is 1. The molecule has 10 heteroatoms. The minimum Gasteiger partial charge on any atom is -0.477 e. The second-order valence-electron chi connectivity index (χ2n) is 4.27. The van der Waals surface area contributed by atoms with Gasteiger partial charge in [0, 0.05) is 14.9 Å². The molecule has 0 fully saturated rings. The van der Waals surface area contributed by atoms with Gasteiger partial charge < -0.3 is 10.4 Å². The van der Waals surface area contributed by atoms with E-state index >= 15 is 0 Å². The van der Waals surface area contributed by atoms with E-state index in [0.717, 1.165) is 6.07 Å². The Kier molecular flexibility index (Phi) is 4.88. The van der Waals surface area contributed by atoms with Crippen LogP contribution in [-0.2, 0) is 4.79 Å². The molecule has 0 aliphatic rings. The number of carboxylic acid groups (broad SMARTS) is 1. The third kappa shape index (κ3) is 4.15. The molecular weight excluding hydrogens is 378 g/mol. The van der Waals surface area contributed by atoms with Crippen LogP contribution in [0.4, 0.5) is 18.9 Å². The highest BCUT2D eigenvalue weighted by atomic mass is 35.5. The summed E-state index contributed by atoms with van der Waals surface area (Å²) in [4.78, 5) is 22.0. The fraction of sp³-hybridized carbons (Fsp3) is 0.0769. The molecule has 0 unspecified atom stereocenters. The minimum atomic E-state index is -5.13. The Hall–Kier alpha value is -1.77. The number of amides is 1. The van der Waals surface area contributed by atoms with Gasteiger partial charge in [-0.05, 0) is 29.8 Å². The number of anilines is 1. The molecule has 0 radical (unpaired) electrons. The van der Waals surface area contributed by atoms with Crippen LogP contribution in [0.15, 0.2) is 24.3 Å². The lowest BCUT2D eigenvalue weighted by Crippen LogP contribution is -2.30. The Balaban J connectivity index is 2.46. The molecule has 4 nitrogen and oxygen atoms in total. The smallest absolute Gasteiger partial charge is 0.471 e. The normalized spacial score (nSPS) is 11.3. The van der Waals surface area contributed by atoms with Crippen molar-refractivity contribution in [1.29, 1.82) is 0 Å². The second kappa shape index (κ2) is 6.38. The minimum absolute atomic E-state index is 0.277. The Labute approximate surface area is 141 Å². The van der Waals surface area contributed by atoms with E-state index in [9.17, 15) is 22.8 Å². The van der Waals surface area contributed by atoms with Crippen molar-refractivity contribution in [3.8, 4) is 10.4 Å². The number of thiophene rings is 1. The first-order valence-electron chi connectivity index (χ1n) is 5.79. The van der Waals surface area contributed by atoms with Crippen molar-refractivity contribution in [2.24, 2.45) is 0 Å². The van der Waals surface area contributed by atoms with Crippen molar-refractivity contribution in [2.75, 3.05) is 5.32 Å². The van der Waals surface area contributed by atoms with Gasteiger partial charge in [0.15, 0.2) is 0 Å². The zero-order valence-electron chi connectivity index (χ0n) is 10.9. The van der Waals surface area contributed by atoms with Gasteiger partial charge in [0.25, 0.3) is 0 Å². The van der Waals surface area contributed by atoms with Gasteiger partial charge in [-0.2, -0.15) is 13.2 Å². The van der Waals surface area contributed by atoms with Gasteiger partial charge in [-0.3, -0.25) is 4.79 Å². The molecule has 2 N–H and O–H groups in total. The molecule has 1 aromatic heterocycles. The first-order valence-corrected chi connectivity index (χ1v) is 7.37. The molecule has 1 aromatic carbocycles. The van der Waals surface area contributed by atoms with Crippen molar-refractivity contribution in [2.45, 2.75) is 6.18 Å². The molecule has 0 aliphatic heterocycles. The molecule has 1 amide bonds. The molecular formula is C13H6Cl2F3NO3S. The van der Waals surface area contributed by atoms with Crippen LogP contribution in [-0.4, -0.2) is 23.2 Å². The molecule has 0 aliphatic carbocycles. The summed E-state index contributed by atoms with van der Waals surface area (Å²) in [5, 5.41) is 11.2. The summed E-state index contributed by atoms with van der Waals surface area (Å²) in [6.45, 7) is 0. The van der Waals surface area contributed by atoms with Crippen LogP contribution in [0.5, 0.6) is 0 Å². The Morgan fingerprint density at radius 2 is 1.65 bits per heavy atom. The van der Waals surface area contributed by atoms with Gasteiger partial charge in [-0.15, -0.1) is 11.3 Å². The standard InChI is InChI=1S/C13H6Cl2F3NO3S/c14-6-1-5(2-7(15)3-6)9-4-8(10(23-9)11(20)21)19-12(22)13(16,17)18/h1-4H,(H,19,22)(H,20,21). The highest BCUT2D eigenvalue weighted by Gasteiger charge is 2.39. The lowest BCUT2D eigenvalue weighted by Gasteiger charge is -2.06. The lowest BCUT2D eigenvalue weighted by atomic mass is 10.2. The predicted molar refractivity (Wildman–Crippen MR) is 81.4 cm³/mol. The first kappa shape index (κ1) is 17.6. The fourth-order valence-corrected chi connectivity index (χ4v) is 3.14. The Morgan fingerprint density at radius 3 is 2.13 bits per heavy atom. The van der Waals surface area contributed by atoms with Gasteiger partial charge in [-0.25, -0.2) is 4.79 Å². The van der Waals surface area contributed by atoms with E-state index in [1.54, 1.807) is 5.32 Å². The largest absolute Gasteiger partial charge is 0.477 e. The fourth-order valence-electron chi connectivity index (χ4n) is 1.67. The van der Waals surface area contributed by atoms with E-state index in [2.05, 4.69) is 0 Å². The van der Waals surface area contributed by atoms with Crippen LogP contribution >= 0.6 is 34.5 Å². The maximum atomic E-state index is 12.3. The zero-order chi connectivity index (χ0) is 17.4. The average Bonchev–Trinajstić information content (AvgIpc) is 2.80. The van der Waals surface area contributed by atoms with Crippen LogP contribution in [0, 0.1) is 0 Å². The average molecular weight is 384 g/mol. The summed E-state index contributed by atoms with van der Waals surface area (Å²) in [5.74, 6) is -3.72. The number of benzene rings is 1. The maximum absolute atomic E-state index is 12.3. The van der Waals surface area contributed by atoms with Gasteiger partial charge in [0.2, 0.25) is 0 Å². The Bertz CT molecular complexity index is 769. The van der Waals surface area contributed by atoms with Crippen LogP contribution in [0.3, 0.4) is 0 Å². The third-order valence-corrected chi connectivity index (χ3v) is 4.19. The number of nitrogens with one attached hydrogen (secondary N) is 1. The number of hydrogen-bond acceptors (Lipinski definition) is 3. The number of halogens is 5. The third-order valence-electron chi connectivity index (χ3n) is 2.58. The molecule has 0 saturated heterocycles. The van der Waals surface area contributed by atoms with E-state index in [4.69, 9.17) is 28.3 Å². The van der Waals surface area contributed by atoms with Crippen molar-refractivity contribution < 1.29 is 27.9 Å². The quantitative estimate of drug-likeness (QED) is 0.790. The second-order valence-corrected chi connectivity index (χ2v) is 6.19. The molecule has 0 atom stereocenters. The summed E-state index contributed by atoms with van der Waals surface area (Å²) >= 11 is 12.4. The highest BCUT2D eigenvalue weighted by molar-refractivity contribution is 7.18. The number of rotatable bonds is 3. The van der Waals surface area contributed by atoms with Crippen molar-refractivity contribution in [3.63, 3.8) is 0 Å². The van der Waals surface area contributed by atoms with Crippen LogP contribution in [0.2, 0.25) is 10.0 Å². The topological polar surface area (TPSA) is 66.4 Å². The van der Waals surface area contributed by atoms with Crippen molar-refractivity contribution in [1.82, 2.24) is 0 Å². The van der Waals surface area contributed by atoms with Crippen LogP contribution in [0.25, 0.3) is 10.4 Å². The van der Waals surface area contributed by atoms with Gasteiger partial charge >= 0.3 is 18.1 Å². The van der Waals surface area contributed by atoms with E-state index in [1.165, 1.54) is 18.2 Å². The summed E-state index contributed by atoms with van der Waals surface area (Å²) in [6.07, 6.45) is -5.13. The van der Waals surface area contributed by atoms with Crippen molar-refractivity contribution >= 4 is 52.1 Å². The number of aromatic carboxylic acids is 1. The molecule has 2 aromatic rings. The predicted octanol–water partition coefficient (Wildman–Crippen LogP) is 4.92. The summed E-state index contributed by atoms with van der Waals surface area (Å²) in [5.41, 5.74) is -0.0292. The molecule has 1 heterocycles. The van der Waals surface area contributed by atoms with Crippen LogP contribution in [0.1, 0.15) is 9.67 Å². The molecule has 122 valence electrons. The SMILES string of the molecule is O=C(O)c1sc(-c2cc(Cl)cc(Cl)c2)cc1NC(=O)C(F)(F)F. The zero-order valence-corrected chi connectivity index (χ0v) is 13.2. The number of carbonyl (C=O) groups is 2. The van der Waals surface area contributed by atoms with E-state index in [1.807, 2.05) is 0 Å². The highest BCUT2D eigenvalue weighted by Crippen LogP contribution is 2.37. The van der Waals surface area contributed by atoms with Gasteiger partial charge in [0.05, 0.1) is 5.69 Å². The summed E-state index contributed by atoms with van der Waals surface area (Å²) in [7, 11) is 0. The lowest BCUT2D eigenvalue weighted by molar-refractivity contribution is -0.167. The summed E-state index contributed by atoms with van der Waals surface area (Å²) in [6, 6.07) is 5.52. The molecule has 23 heavy (non-hydrogen) atoms. The van der Waals surface area contributed by atoms with Gasteiger partial charge in [-0.1, -0.05) is 23.2 Å². The number of hydrogen-bond donors (Lipinski definition) is 2. The van der Waals surface area contributed by atoms with Crippen molar-refractivity contribution in [3.05, 3.63) is 39.2 Å². The number of carbonyl (C=O) groups excluding carboxylic acids is 1. The monoisotopic (exact) mass is 383 g/mol. The van der Waals surface area contributed by atoms with E-state index in [0.29, 0.717) is 21.8 Å². The van der Waals surface area contributed by atoms with Gasteiger partial charge in [0.1, 0.15) is 4.88 Å². The Morgan fingerprint density at radius 1 is 1.09 bits per heavy atom. The molecule has 0 saturated carbocycles. The first-order chi connectivity index (χ1) is 10.6. The molecule has 2 rings (SSSR count). The van der Waals surface area contributed by atoms with E-state index < -0.39 is 28.6 Å². The maximum Gasteiger partial charge on any atom is 0.471 e. The molecule has 0 bridgehead atoms.